The Bertz CT molecular complexity index is 768. The average Bonchev–Trinajstić information content (AvgIpc) is 2.58. The first-order valence-electron chi connectivity index (χ1n) is 8.09. The topological polar surface area (TPSA) is 55.5 Å². The lowest BCUT2D eigenvalue weighted by atomic mass is 9.68. The summed E-state index contributed by atoms with van der Waals surface area (Å²) in [7, 11) is 0. The van der Waals surface area contributed by atoms with Crippen LogP contribution in [0, 0.1) is 5.41 Å². The lowest BCUT2D eigenvalue weighted by Crippen LogP contribution is -2.32. The van der Waals surface area contributed by atoms with E-state index in [1.807, 2.05) is 18.2 Å². The highest BCUT2D eigenvalue weighted by Gasteiger charge is 2.38. The monoisotopic (exact) mass is 320 g/mol. The van der Waals surface area contributed by atoms with Crippen LogP contribution < -0.4 is 5.73 Å². The van der Waals surface area contributed by atoms with Crippen LogP contribution in [-0.2, 0) is 11.2 Å². The van der Waals surface area contributed by atoms with Crippen LogP contribution in [0.2, 0.25) is 0 Å². The van der Waals surface area contributed by atoms with Crippen LogP contribution in [0.5, 0.6) is 0 Å². The lowest BCUT2D eigenvalue weighted by Gasteiger charge is -2.36. The maximum atomic E-state index is 12.8. The van der Waals surface area contributed by atoms with Crippen LogP contribution in [0.3, 0.4) is 0 Å². The highest BCUT2D eigenvalue weighted by molar-refractivity contribution is 6.07. The molecule has 1 aromatic carbocycles. The average molecular weight is 320 g/mol. The second kappa shape index (κ2) is 7.26. The van der Waals surface area contributed by atoms with Crippen molar-refractivity contribution in [1.82, 2.24) is 0 Å². The molecule has 1 aromatic rings. The van der Waals surface area contributed by atoms with E-state index in [2.05, 4.69) is 38.1 Å². The number of benzene rings is 1. The van der Waals surface area contributed by atoms with Gasteiger partial charge in [0.15, 0.2) is 0 Å². The summed E-state index contributed by atoms with van der Waals surface area (Å²) in [5, 5.41) is 0. The number of nitrogens with zero attached hydrogens (tertiary/aromatic N) is 1. The van der Waals surface area contributed by atoms with Gasteiger partial charge in [-0.25, -0.2) is 4.99 Å². The van der Waals surface area contributed by atoms with Crippen molar-refractivity contribution in [3.8, 4) is 0 Å². The molecule has 1 aliphatic rings. The molecule has 1 aliphatic carbocycles. The number of nitrogens with two attached hydrogens (primary N) is 1. The van der Waals surface area contributed by atoms with Crippen molar-refractivity contribution >= 4 is 17.8 Å². The largest absolute Gasteiger partial charge is 0.398 e. The Kier molecular flexibility index (Phi) is 5.35. The van der Waals surface area contributed by atoms with Crippen molar-refractivity contribution in [3.05, 3.63) is 77.9 Å². The van der Waals surface area contributed by atoms with Crippen molar-refractivity contribution in [1.29, 1.82) is 0 Å². The van der Waals surface area contributed by atoms with E-state index in [4.69, 9.17) is 5.73 Å². The molecule has 1 unspecified atom stereocenters. The van der Waals surface area contributed by atoms with E-state index in [1.165, 1.54) is 11.8 Å². The maximum absolute atomic E-state index is 12.8. The Morgan fingerprint density at radius 1 is 1.38 bits per heavy atom. The van der Waals surface area contributed by atoms with Crippen LogP contribution in [0.1, 0.15) is 31.4 Å². The Balaban J connectivity index is 2.50. The number of fused-ring (bicyclic) bond motifs is 1. The molecule has 3 heteroatoms. The summed E-state index contributed by atoms with van der Waals surface area (Å²) in [6, 6.07) is 7.98. The van der Waals surface area contributed by atoms with Crippen molar-refractivity contribution in [2.45, 2.75) is 26.7 Å². The molecule has 24 heavy (non-hydrogen) atoms. The minimum Gasteiger partial charge on any atom is -0.398 e. The van der Waals surface area contributed by atoms with Gasteiger partial charge in [-0.15, -0.1) is 0 Å². The highest BCUT2D eigenvalue weighted by Crippen LogP contribution is 2.43. The molecule has 2 rings (SSSR count). The van der Waals surface area contributed by atoms with Crippen molar-refractivity contribution in [2.24, 2.45) is 16.1 Å². The van der Waals surface area contributed by atoms with E-state index in [9.17, 15) is 4.79 Å². The van der Waals surface area contributed by atoms with Gasteiger partial charge in [-0.3, -0.25) is 4.79 Å². The first-order valence-corrected chi connectivity index (χ1v) is 8.09. The molecule has 0 spiro atoms. The van der Waals surface area contributed by atoms with Gasteiger partial charge >= 0.3 is 0 Å². The maximum Gasteiger partial charge on any atom is 0.275 e. The van der Waals surface area contributed by atoms with Crippen LogP contribution in [0.25, 0.3) is 5.70 Å². The quantitative estimate of drug-likeness (QED) is 0.652. The normalized spacial score (nSPS) is 20.8. The summed E-state index contributed by atoms with van der Waals surface area (Å²) in [4.78, 5) is 16.9. The van der Waals surface area contributed by atoms with E-state index >= 15 is 0 Å². The van der Waals surface area contributed by atoms with Gasteiger partial charge in [-0.2, -0.15) is 0 Å². The Morgan fingerprint density at radius 2 is 2.08 bits per heavy atom. The molecule has 0 heterocycles. The summed E-state index contributed by atoms with van der Waals surface area (Å²) >= 11 is 0. The first-order chi connectivity index (χ1) is 11.5. The van der Waals surface area contributed by atoms with E-state index in [0.29, 0.717) is 11.3 Å². The zero-order valence-electron chi connectivity index (χ0n) is 14.4. The number of aliphatic imine (C=N–C) groups is 1. The van der Waals surface area contributed by atoms with Gasteiger partial charge in [0.1, 0.15) is 0 Å². The summed E-state index contributed by atoms with van der Waals surface area (Å²) in [6.07, 6.45) is 8.12. The zero-order chi connectivity index (χ0) is 17.7. The van der Waals surface area contributed by atoms with Crippen LogP contribution >= 0.6 is 0 Å². The third kappa shape index (κ3) is 3.30. The Morgan fingerprint density at radius 3 is 2.71 bits per heavy atom. The van der Waals surface area contributed by atoms with Crippen molar-refractivity contribution in [2.75, 3.05) is 0 Å². The van der Waals surface area contributed by atoms with Gasteiger partial charge in [0, 0.05) is 28.5 Å². The molecule has 0 saturated heterocycles. The fraction of sp³-hybridized carbons (Fsp3) is 0.238. The third-order valence-corrected chi connectivity index (χ3v) is 4.63. The predicted molar refractivity (Wildman–Crippen MR) is 102 cm³/mol. The minimum atomic E-state index is -0.316. The summed E-state index contributed by atoms with van der Waals surface area (Å²) in [5.74, 6) is -0.289. The van der Waals surface area contributed by atoms with E-state index in [1.54, 1.807) is 18.2 Å². The molecular formula is C21H24N2O. The van der Waals surface area contributed by atoms with Crippen molar-refractivity contribution in [3.63, 3.8) is 0 Å². The second-order valence-corrected chi connectivity index (χ2v) is 6.21. The fourth-order valence-electron chi connectivity index (χ4n) is 3.08. The predicted octanol–water partition coefficient (Wildman–Crippen LogP) is 4.22. The zero-order valence-corrected chi connectivity index (χ0v) is 14.4. The number of carbonyl (C=O) groups excluding carboxylic acids is 1. The number of hydrogen-bond donors (Lipinski definition) is 1. The standard InChI is InChI=1S/C21H24N2O/c1-5-10-15(6-2)14-23-20(24)18-19(22)17-12-9-8-11-16(17)13-21(18,4)7-3/h5-6,8-12,14H,1-2,7,13,22H2,3-4H3/b15-10+,23-14?. The van der Waals surface area contributed by atoms with Crippen molar-refractivity contribution < 1.29 is 4.79 Å². The molecule has 3 nitrogen and oxygen atoms in total. The Labute approximate surface area is 144 Å². The molecule has 124 valence electrons. The second-order valence-electron chi connectivity index (χ2n) is 6.21. The number of hydrogen-bond acceptors (Lipinski definition) is 2. The number of amides is 1. The van der Waals surface area contributed by atoms with Crippen LogP contribution in [0.4, 0.5) is 0 Å². The summed E-state index contributed by atoms with van der Waals surface area (Å²) in [6.45, 7) is 11.5. The van der Waals surface area contributed by atoms with Crippen LogP contribution in [0.15, 0.2) is 71.8 Å². The van der Waals surface area contributed by atoms with E-state index in [-0.39, 0.29) is 11.3 Å². The molecule has 0 bridgehead atoms. The van der Waals surface area contributed by atoms with Gasteiger partial charge in [0.25, 0.3) is 5.91 Å². The fourth-order valence-corrected chi connectivity index (χ4v) is 3.08. The number of carbonyl (C=O) groups is 1. The van der Waals surface area contributed by atoms with Crippen LogP contribution in [-0.4, -0.2) is 12.1 Å². The highest BCUT2D eigenvalue weighted by atomic mass is 16.1. The summed E-state index contributed by atoms with van der Waals surface area (Å²) in [5.41, 5.74) is 10.0. The van der Waals surface area contributed by atoms with Gasteiger partial charge in [-0.05, 0) is 24.0 Å². The Hall–Kier alpha value is -2.68. The van der Waals surface area contributed by atoms with Gasteiger partial charge in [0.2, 0.25) is 0 Å². The molecule has 2 N–H and O–H groups in total. The number of allylic oxidation sites excluding steroid dienone is 4. The van der Waals surface area contributed by atoms with Gasteiger partial charge in [0.05, 0.1) is 0 Å². The molecular weight excluding hydrogens is 296 g/mol. The van der Waals surface area contributed by atoms with E-state index < -0.39 is 0 Å². The lowest BCUT2D eigenvalue weighted by molar-refractivity contribution is -0.115. The molecule has 1 amide bonds. The molecule has 0 aromatic heterocycles. The summed E-state index contributed by atoms with van der Waals surface area (Å²) < 4.78 is 0. The number of rotatable bonds is 5. The van der Waals surface area contributed by atoms with Gasteiger partial charge in [-0.1, -0.05) is 69.5 Å². The molecule has 1 atom stereocenters. The third-order valence-electron chi connectivity index (χ3n) is 4.63. The SMILES string of the molecule is C=C/C=C(\C=C)C=NC(=O)C1=C(N)c2ccccc2CC1(C)CC. The molecule has 0 aliphatic heterocycles. The van der Waals surface area contributed by atoms with Gasteiger partial charge < -0.3 is 5.73 Å². The smallest absolute Gasteiger partial charge is 0.275 e. The van der Waals surface area contributed by atoms with E-state index in [0.717, 1.165) is 24.0 Å². The molecule has 0 radical (unpaired) electrons. The molecule has 0 fully saturated rings. The molecule has 0 saturated carbocycles. The minimum absolute atomic E-state index is 0.289. The first kappa shape index (κ1) is 17.7.